The Labute approximate surface area is 96.6 Å². The van der Waals surface area contributed by atoms with Gasteiger partial charge in [0.05, 0.1) is 12.3 Å². The largest absolute Gasteiger partial charge is 0.396 e. The summed E-state index contributed by atoms with van der Waals surface area (Å²) in [5.41, 5.74) is 0.485. The van der Waals surface area contributed by atoms with Gasteiger partial charge in [-0.3, -0.25) is 0 Å². The maximum atomic E-state index is 13.3. The van der Waals surface area contributed by atoms with Gasteiger partial charge in [0.2, 0.25) is 0 Å². The summed E-state index contributed by atoms with van der Waals surface area (Å²) in [6.07, 6.45) is 2.04. The molecule has 82 valence electrons. The maximum Gasteiger partial charge on any atom is 0.146 e. The van der Waals surface area contributed by atoms with E-state index in [2.05, 4.69) is 21.2 Å². The molecule has 2 N–H and O–H groups in total. The lowest BCUT2D eigenvalue weighted by Gasteiger charge is -2.14. The third-order valence-corrected chi connectivity index (χ3v) is 3.37. The lowest BCUT2D eigenvalue weighted by atomic mass is 10.1. The second kappa shape index (κ2) is 4.10. The monoisotopic (exact) mass is 273 g/mol. The van der Waals surface area contributed by atoms with E-state index in [0.717, 1.165) is 17.3 Å². The lowest BCUT2D eigenvalue weighted by molar-refractivity contribution is 0.219. The van der Waals surface area contributed by atoms with Crippen molar-refractivity contribution in [1.29, 1.82) is 0 Å². The van der Waals surface area contributed by atoms with E-state index in [0.29, 0.717) is 12.2 Å². The van der Waals surface area contributed by atoms with Crippen LogP contribution in [0.25, 0.3) is 0 Å². The van der Waals surface area contributed by atoms with Gasteiger partial charge in [-0.25, -0.2) is 4.39 Å². The smallest absolute Gasteiger partial charge is 0.146 e. The first-order chi connectivity index (χ1) is 7.15. The molecule has 2 rings (SSSR count). The molecule has 4 heteroatoms. The molecule has 1 fully saturated rings. The molecule has 0 unspecified atom stereocenters. The first-order valence-corrected chi connectivity index (χ1v) is 5.74. The van der Waals surface area contributed by atoms with Gasteiger partial charge in [0, 0.05) is 16.4 Å². The molecule has 0 spiro atoms. The van der Waals surface area contributed by atoms with Crippen LogP contribution in [0.5, 0.6) is 0 Å². The fraction of sp³-hybridized carbons (Fsp3) is 0.455. The summed E-state index contributed by atoms with van der Waals surface area (Å²) in [6, 6.07) is 4.80. The Morgan fingerprint density at radius 3 is 2.80 bits per heavy atom. The minimum Gasteiger partial charge on any atom is -0.396 e. The van der Waals surface area contributed by atoms with E-state index in [4.69, 9.17) is 5.11 Å². The quantitative estimate of drug-likeness (QED) is 0.884. The molecule has 0 aliphatic heterocycles. The SMILES string of the molecule is OCC1(CNc2cc(Br)ccc2F)CC1. The van der Waals surface area contributed by atoms with Crippen molar-refractivity contribution in [3.8, 4) is 0 Å². The van der Waals surface area contributed by atoms with Crippen molar-refractivity contribution < 1.29 is 9.50 Å². The van der Waals surface area contributed by atoms with Crippen molar-refractivity contribution in [3.63, 3.8) is 0 Å². The zero-order chi connectivity index (χ0) is 10.9. The summed E-state index contributed by atoms with van der Waals surface area (Å²) in [6.45, 7) is 0.812. The molecule has 1 aliphatic carbocycles. The minimum atomic E-state index is -0.257. The van der Waals surface area contributed by atoms with Gasteiger partial charge in [0.1, 0.15) is 5.82 Å². The van der Waals surface area contributed by atoms with Gasteiger partial charge in [-0.2, -0.15) is 0 Å². The van der Waals surface area contributed by atoms with Crippen molar-refractivity contribution in [2.45, 2.75) is 12.8 Å². The van der Waals surface area contributed by atoms with Crippen LogP contribution in [0.15, 0.2) is 22.7 Å². The molecular weight excluding hydrogens is 261 g/mol. The van der Waals surface area contributed by atoms with E-state index in [1.807, 2.05) is 0 Å². The van der Waals surface area contributed by atoms with Gasteiger partial charge < -0.3 is 10.4 Å². The summed E-state index contributed by atoms with van der Waals surface area (Å²) in [5.74, 6) is -0.257. The molecule has 0 heterocycles. The second-order valence-corrected chi connectivity index (χ2v) is 5.05. The molecular formula is C11H13BrFNO. The number of aliphatic hydroxyl groups is 1. The Morgan fingerprint density at radius 2 is 2.20 bits per heavy atom. The highest BCUT2D eigenvalue weighted by atomic mass is 79.9. The number of rotatable bonds is 4. The van der Waals surface area contributed by atoms with Crippen molar-refractivity contribution in [2.24, 2.45) is 5.41 Å². The lowest BCUT2D eigenvalue weighted by Crippen LogP contribution is -2.19. The van der Waals surface area contributed by atoms with Gasteiger partial charge >= 0.3 is 0 Å². The average molecular weight is 274 g/mol. The molecule has 1 aromatic carbocycles. The van der Waals surface area contributed by atoms with E-state index < -0.39 is 0 Å². The Hall–Kier alpha value is -0.610. The summed E-state index contributed by atoms with van der Waals surface area (Å²) in [5, 5.41) is 12.2. The van der Waals surface area contributed by atoms with Gasteiger partial charge in [-0.05, 0) is 31.0 Å². The molecule has 15 heavy (non-hydrogen) atoms. The van der Waals surface area contributed by atoms with E-state index in [9.17, 15) is 4.39 Å². The highest BCUT2D eigenvalue weighted by Gasteiger charge is 2.41. The van der Waals surface area contributed by atoms with Crippen molar-refractivity contribution in [2.75, 3.05) is 18.5 Å². The molecule has 0 aromatic heterocycles. The Bertz CT molecular complexity index is 366. The summed E-state index contributed by atoms with van der Waals surface area (Å²) >= 11 is 3.29. The summed E-state index contributed by atoms with van der Waals surface area (Å²) in [4.78, 5) is 0. The normalized spacial score (nSPS) is 17.5. The van der Waals surface area contributed by atoms with Gasteiger partial charge in [-0.15, -0.1) is 0 Å². The highest BCUT2D eigenvalue weighted by Crippen LogP contribution is 2.45. The van der Waals surface area contributed by atoms with E-state index in [1.54, 1.807) is 12.1 Å². The standard InChI is InChI=1S/C11H13BrFNO/c12-8-1-2-9(13)10(5-8)14-6-11(7-15)3-4-11/h1-2,5,14-15H,3-4,6-7H2. The molecule has 0 atom stereocenters. The number of aliphatic hydroxyl groups excluding tert-OH is 1. The predicted octanol–water partition coefficient (Wildman–Crippen LogP) is 2.77. The number of nitrogens with one attached hydrogen (secondary N) is 1. The molecule has 0 saturated heterocycles. The van der Waals surface area contributed by atoms with Crippen LogP contribution in [0.2, 0.25) is 0 Å². The van der Waals surface area contributed by atoms with E-state index in [1.165, 1.54) is 6.07 Å². The first kappa shape index (κ1) is 10.9. The maximum absolute atomic E-state index is 13.3. The van der Waals surface area contributed by atoms with Crippen LogP contribution in [0.3, 0.4) is 0 Å². The number of anilines is 1. The second-order valence-electron chi connectivity index (χ2n) is 4.14. The third kappa shape index (κ3) is 2.49. The van der Waals surface area contributed by atoms with E-state index in [-0.39, 0.29) is 17.8 Å². The number of halogens is 2. The number of hydrogen-bond acceptors (Lipinski definition) is 2. The molecule has 0 bridgehead atoms. The zero-order valence-corrected chi connectivity index (χ0v) is 9.85. The van der Waals surface area contributed by atoms with Crippen LogP contribution in [0.1, 0.15) is 12.8 Å². The molecule has 1 saturated carbocycles. The van der Waals surface area contributed by atoms with Crippen molar-refractivity contribution in [3.05, 3.63) is 28.5 Å². The first-order valence-electron chi connectivity index (χ1n) is 4.95. The van der Waals surface area contributed by atoms with Crippen LogP contribution >= 0.6 is 15.9 Å². The molecule has 2 nitrogen and oxygen atoms in total. The zero-order valence-electron chi connectivity index (χ0n) is 8.26. The third-order valence-electron chi connectivity index (χ3n) is 2.87. The van der Waals surface area contributed by atoms with Crippen LogP contribution in [0, 0.1) is 11.2 Å². The van der Waals surface area contributed by atoms with Crippen LogP contribution in [0.4, 0.5) is 10.1 Å². The van der Waals surface area contributed by atoms with Crippen LogP contribution in [-0.4, -0.2) is 18.3 Å². The highest BCUT2D eigenvalue weighted by molar-refractivity contribution is 9.10. The van der Waals surface area contributed by atoms with Crippen LogP contribution < -0.4 is 5.32 Å². The van der Waals surface area contributed by atoms with E-state index >= 15 is 0 Å². The molecule has 1 aromatic rings. The fourth-order valence-corrected chi connectivity index (χ4v) is 1.84. The molecule has 0 amide bonds. The Balaban J connectivity index is 2.01. The molecule has 1 aliphatic rings. The van der Waals surface area contributed by atoms with Crippen molar-refractivity contribution >= 4 is 21.6 Å². The van der Waals surface area contributed by atoms with Gasteiger partial charge in [-0.1, -0.05) is 15.9 Å². The number of hydrogen-bond donors (Lipinski definition) is 2. The Kier molecular flexibility index (Phi) is 2.98. The van der Waals surface area contributed by atoms with Gasteiger partial charge in [0.15, 0.2) is 0 Å². The topological polar surface area (TPSA) is 32.3 Å². The minimum absolute atomic E-state index is 0.00520. The van der Waals surface area contributed by atoms with Gasteiger partial charge in [0.25, 0.3) is 0 Å². The van der Waals surface area contributed by atoms with Crippen LogP contribution in [-0.2, 0) is 0 Å². The Morgan fingerprint density at radius 1 is 1.47 bits per heavy atom. The fourth-order valence-electron chi connectivity index (χ4n) is 1.48. The molecule has 0 radical (unpaired) electrons. The van der Waals surface area contributed by atoms with Crippen molar-refractivity contribution in [1.82, 2.24) is 0 Å². The average Bonchev–Trinajstić information content (AvgIpc) is 3.00. The number of benzene rings is 1. The summed E-state index contributed by atoms with van der Waals surface area (Å²) in [7, 11) is 0. The predicted molar refractivity (Wildman–Crippen MR) is 61.3 cm³/mol. The summed E-state index contributed by atoms with van der Waals surface area (Å²) < 4.78 is 14.2.